The van der Waals surface area contributed by atoms with Crippen molar-refractivity contribution in [1.82, 2.24) is 0 Å². The van der Waals surface area contributed by atoms with Crippen LogP contribution in [-0.4, -0.2) is 28.6 Å². The number of hydrogen-bond acceptors (Lipinski definition) is 5. The van der Waals surface area contributed by atoms with Crippen LogP contribution in [0.3, 0.4) is 0 Å². The van der Waals surface area contributed by atoms with Gasteiger partial charge in [0.25, 0.3) is 0 Å². The molecule has 0 saturated heterocycles. The molecule has 1 saturated carbocycles. The second kappa shape index (κ2) is 17.7. The van der Waals surface area contributed by atoms with Crippen LogP contribution in [0, 0.1) is 12.7 Å². The van der Waals surface area contributed by atoms with Crippen molar-refractivity contribution in [3.8, 4) is 11.5 Å². The molecule has 41 heavy (non-hydrogen) atoms. The summed E-state index contributed by atoms with van der Waals surface area (Å²) in [7, 11) is 0. The van der Waals surface area contributed by atoms with Gasteiger partial charge in [0.05, 0.1) is 12.2 Å². The van der Waals surface area contributed by atoms with Gasteiger partial charge in [-0.1, -0.05) is 93.5 Å². The minimum absolute atomic E-state index is 0.0106. The van der Waals surface area contributed by atoms with Crippen molar-refractivity contribution < 1.29 is 28.2 Å². The Bertz CT molecular complexity index is 1100. The Balaban J connectivity index is 1.46. The lowest BCUT2D eigenvalue weighted by Crippen LogP contribution is -2.27. The number of carbonyl (C=O) groups excluding carboxylic acids is 2. The van der Waals surface area contributed by atoms with Gasteiger partial charge in [-0.3, -0.25) is 4.79 Å². The van der Waals surface area contributed by atoms with Crippen LogP contribution in [0.5, 0.6) is 11.5 Å². The highest BCUT2D eigenvalue weighted by Gasteiger charge is 2.27. The van der Waals surface area contributed by atoms with E-state index in [1.165, 1.54) is 31.7 Å². The molecule has 2 aromatic carbocycles. The zero-order chi connectivity index (χ0) is 29.6. The summed E-state index contributed by atoms with van der Waals surface area (Å²) in [5.41, 5.74) is 1.38. The number of esters is 2. The van der Waals surface area contributed by atoms with E-state index >= 15 is 4.39 Å². The van der Waals surface area contributed by atoms with Gasteiger partial charge in [-0.2, -0.15) is 0 Å². The van der Waals surface area contributed by atoms with Gasteiger partial charge in [0.2, 0.25) is 0 Å². The van der Waals surface area contributed by atoms with E-state index in [4.69, 9.17) is 14.2 Å². The highest BCUT2D eigenvalue weighted by atomic mass is 127. The largest absolute Gasteiger partial charge is 0.493 e. The van der Waals surface area contributed by atoms with Crippen molar-refractivity contribution >= 4 is 34.5 Å². The van der Waals surface area contributed by atoms with Gasteiger partial charge in [-0.15, -0.1) is 0 Å². The molecular weight excluding hydrogens is 634 g/mol. The van der Waals surface area contributed by atoms with E-state index in [1.54, 1.807) is 25.1 Å². The summed E-state index contributed by atoms with van der Waals surface area (Å²) in [6.45, 7) is 6.48. The molecule has 5 nitrogen and oxygen atoms in total. The Labute approximate surface area is 259 Å². The number of halogens is 2. The zero-order valence-corrected chi connectivity index (χ0v) is 27.1. The Morgan fingerprint density at radius 2 is 1.56 bits per heavy atom. The van der Waals surface area contributed by atoms with Gasteiger partial charge in [0.1, 0.15) is 27.3 Å². The third kappa shape index (κ3) is 10.6. The van der Waals surface area contributed by atoms with E-state index in [0.29, 0.717) is 29.6 Å². The molecule has 1 aliphatic rings. The fourth-order valence-electron chi connectivity index (χ4n) is 5.27. The van der Waals surface area contributed by atoms with Crippen LogP contribution >= 0.6 is 22.6 Å². The number of ether oxygens (including phenoxy) is 3. The maximum Gasteiger partial charge on any atom is 0.346 e. The van der Waals surface area contributed by atoms with Crippen LogP contribution in [0.4, 0.5) is 4.39 Å². The van der Waals surface area contributed by atoms with Crippen molar-refractivity contribution in [2.45, 2.75) is 120 Å². The Kier molecular flexibility index (Phi) is 14.4. The quantitative estimate of drug-likeness (QED) is 0.0581. The van der Waals surface area contributed by atoms with Crippen LogP contribution in [0.1, 0.15) is 125 Å². The Morgan fingerprint density at radius 1 is 0.902 bits per heavy atom. The van der Waals surface area contributed by atoms with Crippen LogP contribution in [0.2, 0.25) is 0 Å². The van der Waals surface area contributed by atoms with Gasteiger partial charge < -0.3 is 14.2 Å². The number of alkyl halides is 1. The molecular formula is C34H46FIO5. The molecule has 0 aliphatic heterocycles. The summed E-state index contributed by atoms with van der Waals surface area (Å²) in [4.78, 5) is 25.1. The third-order valence-corrected chi connectivity index (χ3v) is 9.03. The number of unbranched alkanes of at least 4 members (excludes halogenated alkanes) is 6. The smallest absolute Gasteiger partial charge is 0.346 e. The molecule has 1 fully saturated rings. The number of carbonyl (C=O) groups is 2. The summed E-state index contributed by atoms with van der Waals surface area (Å²) >= 11 is 2.19. The van der Waals surface area contributed by atoms with E-state index in [-0.39, 0.29) is 21.6 Å². The van der Waals surface area contributed by atoms with Gasteiger partial charge in [0.15, 0.2) is 0 Å². The molecule has 0 bridgehead atoms. The van der Waals surface area contributed by atoms with E-state index in [1.807, 2.05) is 12.1 Å². The fraction of sp³-hybridized carbons (Fsp3) is 0.588. The van der Waals surface area contributed by atoms with E-state index in [0.717, 1.165) is 63.4 Å². The molecule has 0 aromatic heterocycles. The lowest BCUT2D eigenvalue weighted by Gasteiger charge is -2.29. The van der Waals surface area contributed by atoms with Gasteiger partial charge >= 0.3 is 11.9 Å². The number of benzene rings is 2. The molecule has 1 aliphatic carbocycles. The predicted molar refractivity (Wildman–Crippen MR) is 170 cm³/mol. The average molecular weight is 681 g/mol. The summed E-state index contributed by atoms with van der Waals surface area (Å²) in [5.74, 6) is -0.210. The molecule has 7 heteroatoms. The standard InChI is InChI=1S/C34H46FIO5/c1-4-6-8-9-10-11-23-39-31-22-21-29(32(35)24(31)3)33(37)40-27-17-13-25(14-18-27)26-15-19-28(20-16-26)41-34(38)30(36)12-7-5-2/h13-14,17-18,21-22,26,28,30H,4-12,15-16,19-20,23H2,1-3H3. The van der Waals surface area contributed by atoms with E-state index in [2.05, 4.69) is 36.4 Å². The minimum atomic E-state index is -0.726. The summed E-state index contributed by atoms with van der Waals surface area (Å²) in [5, 5.41) is 0. The molecule has 0 radical (unpaired) electrons. The molecule has 2 aromatic rings. The monoisotopic (exact) mass is 680 g/mol. The summed E-state index contributed by atoms with van der Waals surface area (Å²) < 4.78 is 32.0. The van der Waals surface area contributed by atoms with E-state index < -0.39 is 11.8 Å². The highest BCUT2D eigenvalue weighted by Crippen LogP contribution is 2.35. The summed E-state index contributed by atoms with van der Waals surface area (Å²) in [6.07, 6.45) is 13.5. The summed E-state index contributed by atoms with van der Waals surface area (Å²) in [6, 6.07) is 10.5. The zero-order valence-electron chi connectivity index (χ0n) is 24.9. The SMILES string of the molecule is CCCCCCCCOc1ccc(C(=O)Oc2ccc(C3CCC(OC(=O)C(I)CCCC)CC3)cc2)c(F)c1C. The van der Waals surface area contributed by atoms with Crippen LogP contribution in [0.25, 0.3) is 0 Å². The van der Waals surface area contributed by atoms with Gasteiger partial charge in [-0.05, 0) is 81.2 Å². The first-order chi connectivity index (χ1) is 19.8. The molecule has 1 unspecified atom stereocenters. The second-order valence-corrected chi connectivity index (χ2v) is 12.6. The molecule has 0 spiro atoms. The van der Waals surface area contributed by atoms with Crippen molar-refractivity contribution in [2.75, 3.05) is 6.61 Å². The van der Waals surface area contributed by atoms with Crippen LogP contribution < -0.4 is 9.47 Å². The molecule has 0 N–H and O–H groups in total. The highest BCUT2D eigenvalue weighted by molar-refractivity contribution is 14.1. The van der Waals surface area contributed by atoms with E-state index in [9.17, 15) is 9.59 Å². The topological polar surface area (TPSA) is 61.8 Å². The minimum Gasteiger partial charge on any atom is -0.493 e. The van der Waals surface area contributed by atoms with Crippen molar-refractivity contribution in [3.05, 3.63) is 58.9 Å². The molecule has 1 atom stereocenters. The first-order valence-corrected chi connectivity index (χ1v) is 16.7. The van der Waals surface area contributed by atoms with Crippen molar-refractivity contribution in [3.63, 3.8) is 0 Å². The lowest BCUT2D eigenvalue weighted by atomic mass is 9.83. The fourth-order valence-corrected chi connectivity index (χ4v) is 5.86. The molecule has 226 valence electrons. The maximum atomic E-state index is 15.0. The lowest BCUT2D eigenvalue weighted by molar-refractivity contribution is -0.149. The molecule has 3 rings (SSSR count). The normalized spacial score (nSPS) is 17.6. The average Bonchev–Trinajstić information content (AvgIpc) is 2.98. The molecule has 0 heterocycles. The van der Waals surface area contributed by atoms with Crippen molar-refractivity contribution in [2.24, 2.45) is 0 Å². The molecule has 0 amide bonds. The van der Waals surface area contributed by atoms with Gasteiger partial charge in [0, 0.05) is 5.56 Å². The van der Waals surface area contributed by atoms with Crippen molar-refractivity contribution in [1.29, 1.82) is 0 Å². The maximum absolute atomic E-state index is 15.0. The predicted octanol–water partition coefficient (Wildman–Crippen LogP) is 9.66. The first-order valence-electron chi connectivity index (χ1n) is 15.4. The van der Waals surface area contributed by atoms with Crippen LogP contribution in [-0.2, 0) is 9.53 Å². The number of hydrogen-bond donors (Lipinski definition) is 0. The Hall–Kier alpha value is -2.16. The first kappa shape index (κ1) is 33.3. The Morgan fingerprint density at radius 3 is 2.24 bits per heavy atom. The number of rotatable bonds is 16. The van der Waals surface area contributed by atoms with Gasteiger partial charge in [-0.25, -0.2) is 9.18 Å². The second-order valence-electron chi connectivity index (χ2n) is 11.1. The van der Waals surface area contributed by atoms with Crippen LogP contribution in [0.15, 0.2) is 36.4 Å². The third-order valence-electron chi connectivity index (χ3n) is 7.90.